The van der Waals surface area contributed by atoms with Gasteiger partial charge >= 0.3 is 5.97 Å². The Hall–Kier alpha value is -5.37. The normalized spacial score (nSPS) is 15.5. The number of hydrogen-bond donors (Lipinski definition) is 3. The van der Waals surface area contributed by atoms with E-state index in [-0.39, 0.29) is 66.6 Å². The van der Waals surface area contributed by atoms with Gasteiger partial charge in [-0.3, -0.25) is 4.79 Å². The zero-order valence-corrected chi connectivity index (χ0v) is 31.9. The summed E-state index contributed by atoms with van der Waals surface area (Å²) >= 11 is 0. The number of aromatic carboxylic acids is 1. The summed E-state index contributed by atoms with van der Waals surface area (Å²) in [4.78, 5) is 22.8. The average molecular weight is 833 g/mol. The molecule has 2 aliphatic rings. The van der Waals surface area contributed by atoms with Crippen molar-refractivity contribution < 1.29 is 49.8 Å². The number of hydrogen-bond acceptors (Lipinski definition) is 3. The van der Waals surface area contributed by atoms with E-state index in [9.17, 15) is 44.7 Å². The highest BCUT2D eigenvalue weighted by Crippen LogP contribution is 2.36. The molecule has 308 valence electrons. The minimum atomic E-state index is -2.58. The number of carboxylic acid groups (broad SMARTS) is 1. The third kappa shape index (κ3) is 15.5. The van der Waals surface area contributed by atoms with E-state index in [4.69, 9.17) is 10.8 Å². The van der Waals surface area contributed by atoms with Crippen molar-refractivity contribution in [2.24, 2.45) is 17.6 Å². The standard InChI is InChI=1S/C22H19F4NO.C15H8F2O2.C7H13F2N.ClH/c23-19-8-7-17(20(24)13-19)4-1-15-2-5-18(6-3-15)21(28)27-14-16-9-11-22(25,26)12-10-16;16-13-8-7-11(14(17)9-13)4-1-10-2-5-12(6-3-10)15(18)19;8-7(9)3-1-6(5-10)2-4-7;/h2-3,5-8,13,16H,9-12,14H2,(H,27,28);2-3,5-9H,(H,18,19);6H,1-5,10H2;1H. The molecule has 4 aromatic rings. The molecule has 58 heavy (non-hydrogen) atoms. The molecular weight excluding hydrogens is 792 g/mol. The van der Waals surface area contributed by atoms with Gasteiger partial charge in [-0.2, -0.15) is 0 Å². The summed E-state index contributed by atoms with van der Waals surface area (Å²) in [5.74, 6) is 2.00. The molecule has 1 amide bonds. The maximum atomic E-state index is 13.6. The lowest BCUT2D eigenvalue weighted by Crippen LogP contribution is -2.33. The first-order valence-electron chi connectivity index (χ1n) is 18.1. The first-order chi connectivity index (χ1) is 27.0. The largest absolute Gasteiger partial charge is 0.478 e. The van der Waals surface area contributed by atoms with Crippen molar-refractivity contribution in [2.45, 2.75) is 63.2 Å². The smallest absolute Gasteiger partial charge is 0.335 e. The lowest BCUT2D eigenvalue weighted by atomic mass is 9.87. The Bertz CT molecular complexity index is 2110. The number of nitrogens with two attached hydrogens (primary N) is 1. The number of rotatable bonds is 5. The Morgan fingerprint density at radius 3 is 1.40 bits per heavy atom. The second-order valence-electron chi connectivity index (χ2n) is 13.8. The van der Waals surface area contributed by atoms with E-state index in [1.807, 2.05) is 0 Å². The van der Waals surface area contributed by atoms with E-state index in [1.54, 1.807) is 24.3 Å². The number of amides is 1. The van der Waals surface area contributed by atoms with Gasteiger partial charge in [-0.05, 0) is 117 Å². The van der Waals surface area contributed by atoms with Crippen molar-refractivity contribution in [3.05, 3.63) is 142 Å². The number of carbonyl (C=O) groups excluding carboxylic acids is 1. The quantitative estimate of drug-likeness (QED) is 0.138. The molecule has 2 saturated carbocycles. The molecule has 0 heterocycles. The van der Waals surface area contributed by atoms with E-state index in [1.165, 1.54) is 36.4 Å². The molecule has 2 aliphatic carbocycles. The van der Waals surface area contributed by atoms with Crippen molar-refractivity contribution in [2.75, 3.05) is 13.1 Å². The van der Waals surface area contributed by atoms with Gasteiger partial charge in [-0.25, -0.2) is 39.9 Å². The molecule has 14 heteroatoms. The third-order valence-corrected chi connectivity index (χ3v) is 9.38. The Balaban J connectivity index is 0.000000258. The van der Waals surface area contributed by atoms with Crippen molar-refractivity contribution in [1.29, 1.82) is 0 Å². The van der Waals surface area contributed by atoms with Gasteiger partial charge in [0.15, 0.2) is 0 Å². The zero-order valence-electron chi connectivity index (χ0n) is 31.1. The highest BCUT2D eigenvalue weighted by Gasteiger charge is 2.35. The van der Waals surface area contributed by atoms with Gasteiger partial charge in [-0.1, -0.05) is 23.7 Å². The molecular formula is C44H41ClF8N2O3. The Labute approximate surface area is 337 Å². The number of halogens is 9. The van der Waals surface area contributed by atoms with Gasteiger partial charge in [0.1, 0.15) is 23.3 Å². The lowest BCUT2D eigenvalue weighted by molar-refractivity contribution is -0.0456. The fraction of sp³-hybridized carbons (Fsp3) is 0.318. The van der Waals surface area contributed by atoms with Gasteiger partial charge in [-0.15, -0.1) is 12.4 Å². The molecule has 2 fully saturated rings. The van der Waals surface area contributed by atoms with E-state index in [2.05, 4.69) is 29.0 Å². The first-order valence-corrected chi connectivity index (χ1v) is 18.1. The molecule has 0 bridgehead atoms. The monoisotopic (exact) mass is 832 g/mol. The van der Waals surface area contributed by atoms with Crippen molar-refractivity contribution in [3.63, 3.8) is 0 Å². The molecule has 0 radical (unpaired) electrons. The summed E-state index contributed by atoms with van der Waals surface area (Å²) in [5.41, 5.74) is 7.23. The maximum absolute atomic E-state index is 13.6. The average Bonchev–Trinajstić information content (AvgIpc) is 3.17. The predicted molar refractivity (Wildman–Crippen MR) is 207 cm³/mol. The molecule has 4 N–H and O–H groups in total. The lowest BCUT2D eigenvalue weighted by Gasteiger charge is -2.28. The number of alkyl halides is 4. The van der Waals surface area contributed by atoms with Crippen molar-refractivity contribution >= 4 is 24.3 Å². The molecule has 0 aromatic heterocycles. The van der Waals surface area contributed by atoms with E-state index < -0.39 is 41.1 Å². The number of carbonyl (C=O) groups is 2. The van der Waals surface area contributed by atoms with Crippen LogP contribution in [-0.4, -0.2) is 41.9 Å². The van der Waals surface area contributed by atoms with Crippen LogP contribution in [0.2, 0.25) is 0 Å². The van der Waals surface area contributed by atoms with Crippen LogP contribution in [0.1, 0.15) is 94.3 Å². The Kier molecular flexibility index (Phi) is 17.8. The molecule has 5 nitrogen and oxygen atoms in total. The topological polar surface area (TPSA) is 92.4 Å². The van der Waals surface area contributed by atoms with Crippen LogP contribution in [0.25, 0.3) is 0 Å². The van der Waals surface area contributed by atoms with Gasteiger partial charge in [0, 0.05) is 61.1 Å². The fourth-order valence-electron chi connectivity index (χ4n) is 5.84. The number of benzene rings is 4. The molecule has 6 rings (SSSR count). The van der Waals surface area contributed by atoms with Gasteiger partial charge in [0.25, 0.3) is 5.91 Å². The summed E-state index contributed by atoms with van der Waals surface area (Å²) in [7, 11) is 0. The molecule has 4 aromatic carbocycles. The second kappa shape index (κ2) is 22.0. The summed E-state index contributed by atoms with van der Waals surface area (Å²) in [6.45, 7) is 0.941. The second-order valence-corrected chi connectivity index (χ2v) is 13.8. The number of nitrogens with one attached hydrogen (secondary N) is 1. The highest BCUT2D eigenvalue weighted by atomic mass is 35.5. The molecule has 0 unspecified atom stereocenters. The van der Waals surface area contributed by atoms with Gasteiger partial charge in [0.2, 0.25) is 11.8 Å². The first kappa shape index (κ1) is 47.0. The van der Waals surface area contributed by atoms with Crippen molar-refractivity contribution in [1.82, 2.24) is 5.32 Å². The van der Waals surface area contributed by atoms with Crippen LogP contribution in [-0.2, 0) is 0 Å². The molecule has 0 aliphatic heterocycles. The van der Waals surface area contributed by atoms with Gasteiger partial charge < -0.3 is 16.2 Å². The summed E-state index contributed by atoms with van der Waals surface area (Å²) < 4.78 is 104. The van der Waals surface area contributed by atoms with Crippen LogP contribution in [0, 0.1) is 58.8 Å². The van der Waals surface area contributed by atoms with E-state index in [0.29, 0.717) is 61.4 Å². The SMILES string of the molecule is Cl.NCC1CCC(F)(F)CC1.O=C(NCC1CCC(F)(F)CC1)c1ccc(C#Cc2ccc(F)cc2F)cc1.O=C(O)c1ccc(C#Cc2ccc(F)cc2F)cc1. The van der Waals surface area contributed by atoms with Gasteiger partial charge in [0.05, 0.1) is 16.7 Å². The van der Waals surface area contributed by atoms with E-state index >= 15 is 0 Å². The summed E-state index contributed by atoms with van der Waals surface area (Å²) in [5, 5.41) is 11.5. The van der Waals surface area contributed by atoms with Crippen LogP contribution in [0.3, 0.4) is 0 Å². The van der Waals surface area contributed by atoms with Crippen LogP contribution >= 0.6 is 12.4 Å². The van der Waals surface area contributed by atoms with Crippen molar-refractivity contribution in [3.8, 4) is 23.7 Å². The molecule has 0 spiro atoms. The predicted octanol–water partition coefficient (Wildman–Crippen LogP) is 10.2. The summed E-state index contributed by atoms with van der Waals surface area (Å²) in [6.07, 6.45) is 1.82. The Morgan fingerprint density at radius 2 is 1.02 bits per heavy atom. The number of carboxylic acids is 1. The fourth-order valence-corrected chi connectivity index (χ4v) is 5.84. The highest BCUT2D eigenvalue weighted by molar-refractivity contribution is 5.94. The Morgan fingerprint density at radius 1 is 0.621 bits per heavy atom. The zero-order chi connectivity index (χ0) is 41.6. The minimum Gasteiger partial charge on any atom is -0.478 e. The minimum absolute atomic E-state index is 0. The van der Waals surface area contributed by atoms with E-state index in [0.717, 1.165) is 24.3 Å². The van der Waals surface area contributed by atoms with Crippen LogP contribution < -0.4 is 11.1 Å². The third-order valence-electron chi connectivity index (χ3n) is 9.38. The molecule has 0 saturated heterocycles. The van der Waals surface area contributed by atoms with Crippen LogP contribution in [0.4, 0.5) is 35.1 Å². The molecule has 0 atom stereocenters. The summed E-state index contributed by atoms with van der Waals surface area (Å²) in [6, 6.07) is 18.6. The van der Waals surface area contributed by atoms with Crippen LogP contribution in [0.15, 0.2) is 84.9 Å². The maximum Gasteiger partial charge on any atom is 0.335 e. The van der Waals surface area contributed by atoms with Crippen LogP contribution in [0.5, 0.6) is 0 Å².